The Labute approximate surface area is 107 Å². The maximum Gasteiger partial charge on any atom is 0.0221 e. The summed E-state index contributed by atoms with van der Waals surface area (Å²) in [5, 5.41) is 0. The maximum atomic E-state index is 6.58. The molecule has 0 heterocycles. The number of hydrogen-bond donors (Lipinski definition) is 1. The average molecular weight is 282 g/mol. The fourth-order valence-corrected chi connectivity index (χ4v) is 3.12. The van der Waals surface area contributed by atoms with E-state index < -0.39 is 0 Å². The van der Waals surface area contributed by atoms with Crippen molar-refractivity contribution in [2.75, 3.05) is 0 Å². The minimum Gasteiger partial charge on any atom is -0.325 e. The molecule has 0 spiro atoms. The molecule has 0 saturated heterocycles. The molecule has 2 rings (SSSR count). The van der Waals surface area contributed by atoms with Gasteiger partial charge in [0.2, 0.25) is 0 Å². The molecule has 2 atom stereocenters. The molecule has 1 aromatic carbocycles. The van der Waals surface area contributed by atoms with E-state index in [0.29, 0.717) is 5.92 Å². The van der Waals surface area contributed by atoms with Crippen molar-refractivity contribution in [1.29, 1.82) is 0 Å². The molecule has 2 N–H and O–H groups in total. The smallest absolute Gasteiger partial charge is 0.0221 e. The lowest BCUT2D eigenvalue weighted by molar-refractivity contribution is 0.203. The predicted octanol–water partition coefficient (Wildman–Crippen LogP) is 3.90. The van der Waals surface area contributed by atoms with Gasteiger partial charge >= 0.3 is 0 Å². The molecule has 16 heavy (non-hydrogen) atoms. The molecule has 0 aliphatic heterocycles. The zero-order valence-corrected chi connectivity index (χ0v) is 11.5. The molecule has 88 valence electrons. The van der Waals surface area contributed by atoms with Gasteiger partial charge in [0.05, 0.1) is 0 Å². The summed E-state index contributed by atoms with van der Waals surface area (Å²) in [5.74, 6) is 0.633. The highest BCUT2D eigenvalue weighted by Crippen LogP contribution is 2.35. The normalized spacial score (nSPS) is 30.3. The summed E-state index contributed by atoms with van der Waals surface area (Å²) in [4.78, 5) is 0. The molecule has 2 heteroatoms. The Bertz CT molecular complexity index is 364. The monoisotopic (exact) mass is 281 g/mol. The first-order chi connectivity index (χ1) is 7.62. The van der Waals surface area contributed by atoms with Crippen molar-refractivity contribution in [1.82, 2.24) is 0 Å². The van der Waals surface area contributed by atoms with Crippen LogP contribution in [0.25, 0.3) is 0 Å². The van der Waals surface area contributed by atoms with Crippen LogP contribution in [0.4, 0.5) is 0 Å². The van der Waals surface area contributed by atoms with Gasteiger partial charge in [-0.1, -0.05) is 53.9 Å². The Kier molecular flexibility index (Phi) is 3.70. The van der Waals surface area contributed by atoms with Crippen LogP contribution in [-0.2, 0) is 6.42 Å². The van der Waals surface area contributed by atoms with Crippen LogP contribution in [0.3, 0.4) is 0 Å². The van der Waals surface area contributed by atoms with E-state index in [4.69, 9.17) is 5.73 Å². The molecule has 2 unspecified atom stereocenters. The van der Waals surface area contributed by atoms with Crippen LogP contribution in [-0.4, -0.2) is 5.54 Å². The van der Waals surface area contributed by atoms with E-state index in [9.17, 15) is 0 Å². The van der Waals surface area contributed by atoms with Crippen LogP contribution in [0.15, 0.2) is 28.7 Å². The molecular formula is C14H20BrN. The summed E-state index contributed by atoms with van der Waals surface area (Å²) in [7, 11) is 0. The fourth-order valence-electron chi connectivity index (χ4n) is 2.70. The molecule has 0 amide bonds. The summed E-state index contributed by atoms with van der Waals surface area (Å²) in [5.41, 5.74) is 7.93. The van der Waals surface area contributed by atoms with Crippen molar-refractivity contribution in [3.8, 4) is 0 Å². The first-order valence-electron chi connectivity index (χ1n) is 6.14. The Morgan fingerprint density at radius 1 is 1.38 bits per heavy atom. The van der Waals surface area contributed by atoms with E-state index in [-0.39, 0.29) is 5.54 Å². The third-order valence-corrected chi connectivity index (χ3v) is 4.76. The number of benzene rings is 1. The Balaban J connectivity index is 2.16. The van der Waals surface area contributed by atoms with Crippen molar-refractivity contribution in [2.24, 2.45) is 11.7 Å². The maximum absolute atomic E-state index is 6.58. The number of hydrogen-bond acceptors (Lipinski definition) is 1. The van der Waals surface area contributed by atoms with E-state index in [1.165, 1.54) is 29.3 Å². The SMILES string of the molecule is CC1CCCCC1(N)Cc1ccccc1Br. The van der Waals surface area contributed by atoms with Crippen LogP contribution >= 0.6 is 15.9 Å². The van der Waals surface area contributed by atoms with Crippen molar-refractivity contribution in [2.45, 2.75) is 44.6 Å². The van der Waals surface area contributed by atoms with E-state index >= 15 is 0 Å². The van der Waals surface area contributed by atoms with Gasteiger partial charge in [0.1, 0.15) is 0 Å². The summed E-state index contributed by atoms with van der Waals surface area (Å²) in [6, 6.07) is 8.43. The van der Waals surface area contributed by atoms with Crippen molar-refractivity contribution < 1.29 is 0 Å². The van der Waals surface area contributed by atoms with Crippen molar-refractivity contribution >= 4 is 15.9 Å². The van der Waals surface area contributed by atoms with E-state index in [1.807, 2.05) is 0 Å². The molecule has 0 radical (unpaired) electrons. The highest BCUT2D eigenvalue weighted by molar-refractivity contribution is 9.10. The Morgan fingerprint density at radius 3 is 2.81 bits per heavy atom. The predicted molar refractivity (Wildman–Crippen MR) is 72.4 cm³/mol. The summed E-state index contributed by atoms with van der Waals surface area (Å²) < 4.78 is 1.19. The molecule has 0 bridgehead atoms. The van der Waals surface area contributed by atoms with Gasteiger partial charge in [-0.2, -0.15) is 0 Å². The molecular weight excluding hydrogens is 262 g/mol. The van der Waals surface area contributed by atoms with Crippen LogP contribution < -0.4 is 5.73 Å². The third kappa shape index (κ3) is 2.49. The lowest BCUT2D eigenvalue weighted by atomic mass is 9.71. The second kappa shape index (κ2) is 4.89. The van der Waals surface area contributed by atoms with Crippen LogP contribution in [0, 0.1) is 5.92 Å². The summed E-state index contributed by atoms with van der Waals surface area (Å²) in [6.07, 6.45) is 6.06. The van der Waals surface area contributed by atoms with Gasteiger partial charge in [0.25, 0.3) is 0 Å². The third-order valence-electron chi connectivity index (χ3n) is 3.99. The lowest BCUT2D eigenvalue weighted by Crippen LogP contribution is -2.50. The second-order valence-corrected chi connectivity index (χ2v) is 6.00. The minimum atomic E-state index is 0.00211. The van der Waals surface area contributed by atoms with Crippen molar-refractivity contribution in [3.05, 3.63) is 34.3 Å². The highest BCUT2D eigenvalue weighted by atomic mass is 79.9. The van der Waals surface area contributed by atoms with E-state index in [0.717, 1.165) is 12.8 Å². The van der Waals surface area contributed by atoms with Crippen LogP contribution in [0.5, 0.6) is 0 Å². The van der Waals surface area contributed by atoms with Gasteiger partial charge in [-0.15, -0.1) is 0 Å². The first-order valence-corrected chi connectivity index (χ1v) is 6.93. The van der Waals surface area contributed by atoms with Gasteiger partial charge in [-0.05, 0) is 36.8 Å². The second-order valence-electron chi connectivity index (χ2n) is 5.15. The summed E-state index contributed by atoms with van der Waals surface area (Å²) in [6.45, 7) is 2.30. The molecule has 0 aromatic heterocycles. The molecule has 1 aliphatic rings. The number of halogens is 1. The minimum absolute atomic E-state index is 0.00211. The molecule has 1 saturated carbocycles. The molecule has 1 aliphatic carbocycles. The Hall–Kier alpha value is -0.340. The van der Waals surface area contributed by atoms with E-state index in [1.54, 1.807) is 0 Å². The van der Waals surface area contributed by atoms with Gasteiger partial charge < -0.3 is 5.73 Å². The standard InChI is InChI=1S/C14H20BrN/c1-11-6-4-5-9-14(11,16)10-12-7-2-3-8-13(12)15/h2-3,7-8,11H,4-6,9-10,16H2,1H3. The number of nitrogens with two attached hydrogens (primary N) is 1. The summed E-state index contributed by atoms with van der Waals surface area (Å²) >= 11 is 3.61. The zero-order valence-electron chi connectivity index (χ0n) is 9.88. The average Bonchev–Trinajstić information content (AvgIpc) is 2.26. The molecule has 1 aromatic rings. The van der Waals surface area contributed by atoms with Gasteiger partial charge in [-0.3, -0.25) is 0 Å². The van der Waals surface area contributed by atoms with E-state index in [2.05, 4.69) is 47.1 Å². The topological polar surface area (TPSA) is 26.0 Å². The number of rotatable bonds is 2. The lowest BCUT2D eigenvalue weighted by Gasteiger charge is -2.40. The Morgan fingerprint density at radius 2 is 2.12 bits per heavy atom. The highest BCUT2D eigenvalue weighted by Gasteiger charge is 2.34. The first kappa shape index (κ1) is 12.1. The van der Waals surface area contributed by atoms with Crippen LogP contribution in [0.2, 0.25) is 0 Å². The quantitative estimate of drug-likeness (QED) is 0.874. The fraction of sp³-hybridized carbons (Fsp3) is 0.571. The van der Waals surface area contributed by atoms with Gasteiger partial charge in [0.15, 0.2) is 0 Å². The van der Waals surface area contributed by atoms with Crippen LogP contribution in [0.1, 0.15) is 38.2 Å². The largest absolute Gasteiger partial charge is 0.325 e. The molecule has 1 fully saturated rings. The van der Waals surface area contributed by atoms with Gasteiger partial charge in [0, 0.05) is 10.0 Å². The van der Waals surface area contributed by atoms with Gasteiger partial charge in [-0.25, -0.2) is 0 Å². The van der Waals surface area contributed by atoms with Crippen molar-refractivity contribution in [3.63, 3.8) is 0 Å². The zero-order chi connectivity index (χ0) is 11.6. The molecule has 1 nitrogen and oxygen atoms in total.